The summed E-state index contributed by atoms with van der Waals surface area (Å²) in [4.78, 5) is 59.9. The van der Waals surface area contributed by atoms with E-state index in [0.717, 1.165) is 38.6 Å². The van der Waals surface area contributed by atoms with Crippen molar-refractivity contribution in [3.05, 3.63) is 36.0 Å². The predicted molar refractivity (Wildman–Crippen MR) is 115 cm³/mol. The first-order valence-electron chi connectivity index (χ1n) is 10.2. The van der Waals surface area contributed by atoms with E-state index in [0.29, 0.717) is 5.56 Å². The first-order valence-corrected chi connectivity index (χ1v) is 10.2. The number of hydrogen-bond acceptors (Lipinski definition) is 9. The van der Waals surface area contributed by atoms with Gasteiger partial charge in [0.2, 0.25) is 6.10 Å². The highest BCUT2D eigenvalue weighted by Gasteiger charge is 2.42. The summed E-state index contributed by atoms with van der Waals surface area (Å²) in [5.74, 6) is -3.66. The fourth-order valence-electron chi connectivity index (χ4n) is 3.48. The third-order valence-corrected chi connectivity index (χ3v) is 4.69. The third-order valence-electron chi connectivity index (χ3n) is 4.69. The lowest BCUT2D eigenvalue weighted by atomic mass is 9.98. The fraction of sp³-hybridized carbons (Fsp3) is 0.435. The number of carbonyl (C=O) groups excluding carboxylic acids is 5. The van der Waals surface area contributed by atoms with Gasteiger partial charge in [-0.05, 0) is 11.6 Å². The van der Waals surface area contributed by atoms with Crippen molar-refractivity contribution in [2.24, 2.45) is 7.05 Å². The van der Waals surface area contributed by atoms with Gasteiger partial charge in [-0.3, -0.25) is 24.0 Å². The van der Waals surface area contributed by atoms with Gasteiger partial charge in [-0.1, -0.05) is 18.2 Å². The van der Waals surface area contributed by atoms with Crippen LogP contribution in [0.15, 0.2) is 30.5 Å². The lowest BCUT2D eigenvalue weighted by Gasteiger charge is -2.30. The Hall–Kier alpha value is -3.69. The molecule has 10 heteroatoms. The Bertz CT molecular complexity index is 1060. The van der Waals surface area contributed by atoms with Gasteiger partial charge < -0.3 is 23.5 Å². The molecule has 0 radical (unpaired) electrons. The smallest absolute Gasteiger partial charge is 0.303 e. The molecule has 1 aromatic carbocycles. The van der Waals surface area contributed by atoms with E-state index in [1.54, 1.807) is 6.20 Å². The molecular weight excluding hydrogens is 434 g/mol. The van der Waals surface area contributed by atoms with Crippen LogP contribution in [0.25, 0.3) is 10.9 Å². The first-order chi connectivity index (χ1) is 15.5. The number of carbonyl (C=O) groups is 5. The molecule has 10 nitrogen and oxygen atoms in total. The molecule has 0 saturated heterocycles. The molecule has 0 spiro atoms. The Balaban J connectivity index is 2.44. The van der Waals surface area contributed by atoms with Crippen LogP contribution in [-0.2, 0) is 56.4 Å². The number of esters is 4. The summed E-state index contributed by atoms with van der Waals surface area (Å²) in [6.45, 7) is 3.91. The topological polar surface area (TPSA) is 127 Å². The lowest BCUT2D eigenvalue weighted by molar-refractivity contribution is -0.190. The third kappa shape index (κ3) is 7.16. The number of nitrogens with zero attached hydrogens (tertiary/aromatic N) is 1. The van der Waals surface area contributed by atoms with E-state index in [2.05, 4.69) is 0 Å². The van der Waals surface area contributed by atoms with Gasteiger partial charge in [-0.2, -0.15) is 0 Å². The van der Waals surface area contributed by atoms with Gasteiger partial charge in [0.1, 0.15) is 6.61 Å². The fourth-order valence-corrected chi connectivity index (χ4v) is 3.48. The molecule has 0 fully saturated rings. The molecule has 0 aliphatic heterocycles. The number of aryl methyl sites for hydroxylation is 1. The minimum absolute atomic E-state index is 0.155. The summed E-state index contributed by atoms with van der Waals surface area (Å²) in [5, 5.41) is 0.829. The van der Waals surface area contributed by atoms with Crippen LogP contribution in [0.3, 0.4) is 0 Å². The second kappa shape index (κ2) is 11.3. The first kappa shape index (κ1) is 25.6. The zero-order valence-corrected chi connectivity index (χ0v) is 19.2. The van der Waals surface area contributed by atoms with Crippen molar-refractivity contribution in [3.8, 4) is 0 Å². The highest BCUT2D eigenvalue weighted by Crippen LogP contribution is 2.23. The molecule has 178 valence electrons. The largest absolute Gasteiger partial charge is 0.462 e. The van der Waals surface area contributed by atoms with Crippen LogP contribution in [-0.4, -0.2) is 59.1 Å². The Morgan fingerprint density at radius 2 is 1.45 bits per heavy atom. The molecule has 0 N–H and O–H groups in total. The van der Waals surface area contributed by atoms with Gasteiger partial charge in [-0.15, -0.1) is 0 Å². The number of benzene rings is 1. The summed E-state index contributed by atoms with van der Waals surface area (Å²) >= 11 is 0. The maximum atomic E-state index is 13.3. The normalized spacial score (nSPS) is 13.5. The molecule has 0 bridgehead atoms. The van der Waals surface area contributed by atoms with Gasteiger partial charge in [0.05, 0.1) is 0 Å². The van der Waals surface area contributed by atoms with Crippen LogP contribution in [0, 0.1) is 0 Å². The van der Waals surface area contributed by atoms with Crippen LogP contribution >= 0.6 is 0 Å². The van der Waals surface area contributed by atoms with Gasteiger partial charge in [0.25, 0.3) is 0 Å². The zero-order valence-electron chi connectivity index (χ0n) is 19.2. The van der Waals surface area contributed by atoms with Crippen molar-refractivity contribution < 1.29 is 42.9 Å². The molecule has 33 heavy (non-hydrogen) atoms. The highest BCUT2D eigenvalue weighted by molar-refractivity contribution is 5.93. The number of hydrogen-bond donors (Lipinski definition) is 0. The summed E-state index contributed by atoms with van der Waals surface area (Å²) in [5.41, 5.74) is 1.56. The van der Waals surface area contributed by atoms with Crippen molar-refractivity contribution in [2.45, 2.75) is 52.4 Å². The molecule has 1 aromatic heterocycles. The van der Waals surface area contributed by atoms with Gasteiger partial charge in [0.15, 0.2) is 18.0 Å². The summed E-state index contributed by atoms with van der Waals surface area (Å²) < 4.78 is 22.4. The number of fused-ring (bicyclic) bond motifs is 1. The van der Waals surface area contributed by atoms with Crippen molar-refractivity contribution >= 4 is 40.6 Å². The van der Waals surface area contributed by atoms with E-state index in [1.807, 2.05) is 35.9 Å². The molecule has 1 heterocycles. The molecule has 2 aromatic rings. The van der Waals surface area contributed by atoms with Crippen molar-refractivity contribution in [3.63, 3.8) is 0 Å². The minimum Gasteiger partial charge on any atom is -0.462 e. The Labute approximate surface area is 190 Å². The van der Waals surface area contributed by atoms with Crippen LogP contribution in [0.5, 0.6) is 0 Å². The highest BCUT2D eigenvalue weighted by atomic mass is 16.6. The maximum absolute atomic E-state index is 13.3. The second-order valence-electron chi connectivity index (χ2n) is 7.48. The van der Waals surface area contributed by atoms with Crippen LogP contribution in [0.1, 0.15) is 33.3 Å². The quantitative estimate of drug-likeness (QED) is 0.383. The molecule has 0 unspecified atom stereocenters. The SMILES string of the molecule is CC(=O)OC[C@H](OC(C)=O)[C@@H](OC(C)=O)[C@H](OC(C)=O)C(=O)Cc1cn(C)c2ccccc12. The van der Waals surface area contributed by atoms with E-state index in [9.17, 15) is 24.0 Å². The van der Waals surface area contributed by atoms with Crippen LogP contribution in [0.4, 0.5) is 0 Å². The lowest BCUT2D eigenvalue weighted by Crippen LogP contribution is -2.51. The summed E-state index contributed by atoms with van der Waals surface area (Å²) in [7, 11) is 1.83. The molecule has 3 atom stereocenters. The maximum Gasteiger partial charge on any atom is 0.303 e. The average molecular weight is 461 g/mol. The van der Waals surface area contributed by atoms with E-state index in [4.69, 9.17) is 18.9 Å². The number of para-hydroxylation sites is 1. The monoisotopic (exact) mass is 461 g/mol. The standard InChI is InChI=1S/C23H27NO9/c1-13(25)30-12-21(31-14(2)26)23(33-16(4)28)22(32-15(3)27)20(29)10-17-11-24(5)19-9-7-6-8-18(17)19/h6-9,11,21-23H,10,12H2,1-5H3/t21-,22+,23+/m0/s1. The molecule has 2 rings (SSSR count). The summed E-state index contributed by atoms with van der Waals surface area (Å²) in [6, 6.07) is 7.44. The van der Waals surface area contributed by atoms with Crippen LogP contribution in [0.2, 0.25) is 0 Å². The predicted octanol–water partition coefficient (Wildman–Crippen LogP) is 1.65. The molecule has 0 aliphatic rings. The van der Waals surface area contributed by atoms with E-state index in [1.165, 1.54) is 0 Å². The number of aromatic nitrogens is 1. The van der Waals surface area contributed by atoms with E-state index >= 15 is 0 Å². The number of rotatable bonds is 10. The average Bonchev–Trinajstić information content (AvgIpc) is 3.02. The number of ether oxygens (including phenoxy) is 4. The number of ketones is 1. The van der Waals surface area contributed by atoms with Crippen molar-refractivity contribution in [1.29, 1.82) is 0 Å². The number of Topliss-reactive ketones (excluding diaryl/α,β-unsaturated/α-hetero) is 1. The zero-order chi connectivity index (χ0) is 24.7. The Kier molecular flexibility index (Phi) is 8.72. The molecule has 0 saturated carbocycles. The Morgan fingerprint density at radius 1 is 0.848 bits per heavy atom. The minimum atomic E-state index is -1.61. The van der Waals surface area contributed by atoms with Crippen molar-refractivity contribution in [1.82, 2.24) is 4.57 Å². The van der Waals surface area contributed by atoms with Gasteiger partial charge in [-0.25, -0.2) is 0 Å². The van der Waals surface area contributed by atoms with Gasteiger partial charge in [0, 0.05) is 58.3 Å². The van der Waals surface area contributed by atoms with Crippen molar-refractivity contribution in [2.75, 3.05) is 6.61 Å². The van der Waals surface area contributed by atoms with E-state index in [-0.39, 0.29) is 6.42 Å². The van der Waals surface area contributed by atoms with Gasteiger partial charge >= 0.3 is 23.9 Å². The summed E-state index contributed by atoms with van der Waals surface area (Å²) in [6.07, 6.45) is -2.90. The molecular formula is C23H27NO9. The van der Waals surface area contributed by atoms with Crippen LogP contribution < -0.4 is 0 Å². The second-order valence-corrected chi connectivity index (χ2v) is 7.48. The molecule has 0 amide bonds. The molecule has 0 aliphatic carbocycles. The van der Waals surface area contributed by atoms with E-state index < -0.39 is 54.6 Å². The Morgan fingerprint density at radius 3 is 2.03 bits per heavy atom.